The first-order valence-corrected chi connectivity index (χ1v) is 13.7. The van der Waals surface area contributed by atoms with Gasteiger partial charge in [0.25, 0.3) is 6.43 Å². The second-order valence-corrected chi connectivity index (χ2v) is 10.5. The van der Waals surface area contributed by atoms with Gasteiger partial charge in [0.05, 0.1) is 41.5 Å². The van der Waals surface area contributed by atoms with Crippen molar-refractivity contribution in [2.24, 2.45) is 0 Å². The second kappa shape index (κ2) is 14.5. The standard InChI is InChI=1S/C30H29F3N4O5.2H2S/c31-24-11-18(29(32)33)2-4-27(24)41-17-20-13-21(5-8-34-20)42-23-6-9-36(14-23)16-28-35-25-3-1-19(30(38)39)12-26(25)37(28)15-22-7-10-40-22;;/h1-5,8,11-13,22-23,29H,6-7,9-10,14-17H2,(H,38,39);2*1H2/t22-,23-;;/m0../s1. The van der Waals surface area contributed by atoms with Gasteiger partial charge in [0.1, 0.15) is 24.3 Å². The summed E-state index contributed by atoms with van der Waals surface area (Å²) in [4.78, 5) is 22.9. The van der Waals surface area contributed by atoms with E-state index in [4.69, 9.17) is 19.2 Å². The SMILES string of the molecule is O=C(O)c1ccc2nc(CN3CC[C@H](Oc4ccnc(COc5ccc(C(F)F)cc5F)c4)C3)n(C[C@@H]3CCO3)c2c1.S.S. The summed E-state index contributed by atoms with van der Waals surface area (Å²) < 4.78 is 59.1. The number of carboxylic acid groups (broad SMARTS) is 1. The minimum atomic E-state index is -2.76. The van der Waals surface area contributed by atoms with Crippen LogP contribution in [0.1, 0.15) is 46.7 Å². The van der Waals surface area contributed by atoms with Crippen LogP contribution >= 0.6 is 27.0 Å². The molecule has 2 aliphatic heterocycles. The maximum atomic E-state index is 14.1. The lowest BCUT2D eigenvalue weighted by Crippen LogP contribution is -2.33. The van der Waals surface area contributed by atoms with E-state index in [1.807, 2.05) is 0 Å². The largest absolute Gasteiger partial charge is 0.489 e. The molecule has 2 aliphatic rings. The van der Waals surface area contributed by atoms with Crippen molar-refractivity contribution >= 4 is 44.0 Å². The number of fused-ring (bicyclic) bond motifs is 1. The fourth-order valence-electron chi connectivity index (χ4n) is 5.22. The zero-order chi connectivity index (χ0) is 29.2. The number of pyridine rings is 1. The summed E-state index contributed by atoms with van der Waals surface area (Å²) in [5.41, 5.74) is 1.85. The number of imidazole rings is 1. The maximum absolute atomic E-state index is 14.1. The van der Waals surface area contributed by atoms with E-state index < -0.39 is 23.8 Å². The molecule has 2 fully saturated rings. The summed E-state index contributed by atoms with van der Waals surface area (Å²) >= 11 is 0. The molecule has 2 aromatic carbocycles. The van der Waals surface area contributed by atoms with Crippen LogP contribution in [-0.2, 0) is 24.4 Å². The van der Waals surface area contributed by atoms with Crippen LogP contribution < -0.4 is 9.47 Å². The van der Waals surface area contributed by atoms with Gasteiger partial charge in [-0.1, -0.05) is 0 Å². The highest BCUT2D eigenvalue weighted by atomic mass is 32.1. The smallest absolute Gasteiger partial charge is 0.335 e. The third kappa shape index (κ3) is 7.60. The summed E-state index contributed by atoms with van der Waals surface area (Å²) in [5, 5.41) is 9.47. The van der Waals surface area contributed by atoms with Crippen LogP contribution in [0.4, 0.5) is 13.2 Å². The predicted octanol–water partition coefficient (Wildman–Crippen LogP) is 5.45. The summed E-state index contributed by atoms with van der Waals surface area (Å²) in [6.45, 7) is 3.33. The Bertz CT molecular complexity index is 1600. The van der Waals surface area contributed by atoms with Crippen molar-refractivity contribution in [2.75, 3.05) is 19.7 Å². The van der Waals surface area contributed by atoms with E-state index in [9.17, 15) is 23.1 Å². The molecule has 2 saturated heterocycles. The Labute approximate surface area is 265 Å². The molecule has 0 unspecified atom stereocenters. The fraction of sp³-hybridized carbons (Fsp3) is 0.367. The first-order valence-electron chi connectivity index (χ1n) is 13.7. The van der Waals surface area contributed by atoms with E-state index in [0.29, 0.717) is 31.1 Å². The van der Waals surface area contributed by atoms with Crippen molar-refractivity contribution < 1.29 is 37.3 Å². The van der Waals surface area contributed by atoms with E-state index in [1.165, 1.54) is 6.07 Å². The zero-order valence-electron chi connectivity index (χ0n) is 23.6. The molecule has 2 aromatic heterocycles. The summed E-state index contributed by atoms with van der Waals surface area (Å²) in [6.07, 6.45) is 0.578. The van der Waals surface area contributed by atoms with Crippen LogP contribution in [0.15, 0.2) is 54.7 Å². The van der Waals surface area contributed by atoms with Gasteiger partial charge in [0, 0.05) is 37.5 Å². The van der Waals surface area contributed by atoms with Gasteiger partial charge >= 0.3 is 5.97 Å². The first kappa shape index (κ1) is 33.4. The molecule has 2 atom stereocenters. The Balaban J connectivity index is 0.00000221. The van der Waals surface area contributed by atoms with Gasteiger partial charge in [0.15, 0.2) is 11.6 Å². The molecular formula is C30H33F3N4O5S2. The number of halogens is 3. The monoisotopic (exact) mass is 650 g/mol. The number of carboxylic acids is 1. The summed E-state index contributed by atoms with van der Waals surface area (Å²) in [6, 6.07) is 11.5. The molecular weight excluding hydrogens is 617 g/mol. The van der Waals surface area contributed by atoms with Crippen molar-refractivity contribution in [3.8, 4) is 11.5 Å². The highest BCUT2D eigenvalue weighted by Crippen LogP contribution is 2.27. The molecule has 0 amide bonds. The third-order valence-electron chi connectivity index (χ3n) is 7.52. The van der Waals surface area contributed by atoms with E-state index in [1.54, 1.807) is 36.5 Å². The molecule has 44 heavy (non-hydrogen) atoms. The normalized spacial score (nSPS) is 18.0. The van der Waals surface area contributed by atoms with E-state index in [2.05, 4.69) is 14.5 Å². The molecule has 0 saturated carbocycles. The molecule has 4 aromatic rings. The quantitative estimate of drug-likeness (QED) is 0.229. The number of likely N-dealkylation sites (tertiary alicyclic amines) is 1. The topological polar surface area (TPSA) is 98.9 Å². The fourth-order valence-corrected chi connectivity index (χ4v) is 5.22. The number of hydrogen-bond donors (Lipinski definition) is 1. The maximum Gasteiger partial charge on any atom is 0.335 e. The number of hydrogen-bond acceptors (Lipinski definition) is 7. The van der Waals surface area contributed by atoms with E-state index in [-0.39, 0.29) is 57.1 Å². The van der Waals surface area contributed by atoms with Crippen LogP contribution in [0, 0.1) is 5.82 Å². The van der Waals surface area contributed by atoms with E-state index in [0.717, 1.165) is 55.0 Å². The Morgan fingerprint density at radius 1 is 1.11 bits per heavy atom. The number of ether oxygens (including phenoxy) is 3. The third-order valence-corrected chi connectivity index (χ3v) is 7.52. The van der Waals surface area contributed by atoms with Gasteiger partial charge in [0.2, 0.25) is 0 Å². The van der Waals surface area contributed by atoms with Gasteiger partial charge in [-0.25, -0.2) is 22.9 Å². The Morgan fingerprint density at radius 2 is 1.93 bits per heavy atom. The van der Waals surface area contributed by atoms with Gasteiger partial charge < -0.3 is 23.9 Å². The summed E-state index contributed by atoms with van der Waals surface area (Å²) in [5.74, 6) is -0.525. The Morgan fingerprint density at radius 3 is 2.64 bits per heavy atom. The molecule has 0 bridgehead atoms. The van der Waals surface area contributed by atoms with Gasteiger partial charge in [-0.05, 0) is 55.3 Å². The van der Waals surface area contributed by atoms with Crippen LogP contribution in [-0.4, -0.2) is 62.4 Å². The second-order valence-electron chi connectivity index (χ2n) is 10.5. The van der Waals surface area contributed by atoms with Crippen LogP contribution in [0.3, 0.4) is 0 Å². The van der Waals surface area contributed by atoms with Gasteiger partial charge in [-0.2, -0.15) is 27.0 Å². The van der Waals surface area contributed by atoms with Gasteiger partial charge in [-0.3, -0.25) is 9.88 Å². The van der Waals surface area contributed by atoms with Crippen LogP contribution in [0.25, 0.3) is 11.0 Å². The number of carbonyl (C=O) groups is 1. The highest BCUT2D eigenvalue weighted by Gasteiger charge is 2.28. The molecule has 1 N–H and O–H groups in total. The number of benzene rings is 2. The molecule has 9 nitrogen and oxygen atoms in total. The van der Waals surface area contributed by atoms with Gasteiger partial charge in [-0.15, -0.1) is 0 Å². The average Bonchev–Trinajstić information content (AvgIpc) is 3.53. The first-order chi connectivity index (χ1) is 20.3. The van der Waals surface area contributed by atoms with Crippen molar-refractivity contribution in [2.45, 2.75) is 51.2 Å². The van der Waals surface area contributed by atoms with Crippen LogP contribution in [0.2, 0.25) is 0 Å². The minimum absolute atomic E-state index is 0. The molecule has 0 spiro atoms. The van der Waals surface area contributed by atoms with Crippen molar-refractivity contribution in [3.63, 3.8) is 0 Å². The van der Waals surface area contributed by atoms with Crippen LogP contribution in [0.5, 0.6) is 11.5 Å². The minimum Gasteiger partial charge on any atom is -0.489 e. The number of nitrogens with zero attached hydrogens (tertiary/aromatic N) is 4. The molecule has 4 heterocycles. The molecule has 14 heteroatoms. The lowest BCUT2D eigenvalue weighted by atomic mass is 10.1. The number of aromatic nitrogens is 3. The van der Waals surface area contributed by atoms with Crippen molar-refractivity contribution in [1.29, 1.82) is 0 Å². The zero-order valence-corrected chi connectivity index (χ0v) is 25.6. The number of aromatic carboxylic acids is 1. The highest BCUT2D eigenvalue weighted by molar-refractivity contribution is 7.59. The predicted molar refractivity (Wildman–Crippen MR) is 166 cm³/mol. The Kier molecular flexibility index (Phi) is 11.1. The lowest BCUT2D eigenvalue weighted by molar-refractivity contribution is -0.0591. The average molecular weight is 651 g/mol. The molecule has 236 valence electrons. The summed E-state index contributed by atoms with van der Waals surface area (Å²) in [7, 11) is 0. The number of rotatable bonds is 11. The number of alkyl halides is 2. The molecule has 0 aliphatic carbocycles. The van der Waals surface area contributed by atoms with E-state index >= 15 is 0 Å². The lowest BCUT2D eigenvalue weighted by Gasteiger charge is -2.28. The van der Waals surface area contributed by atoms with Crippen molar-refractivity contribution in [1.82, 2.24) is 19.4 Å². The molecule has 6 rings (SSSR count). The van der Waals surface area contributed by atoms with Crippen molar-refractivity contribution in [3.05, 3.63) is 83.2 Å². The Hall–Kier alpha value is -3.46. The molecule has 0 radical (unpaired) electrons.